The first kappa shape index (κ1) is 19.6. The summed E-state index contributed by atoms with van der Waals surface area (Å²) in [4.78, 5) is 0. The van der Waals surface area contributed by atoms with Crippen molar-refractivity contribution < 1.29 is 9.47 Å². The first-order chi connectivity index (χ1) is 11.7. The van der Waals surface area contributed by atoms with Crippen molar-refractivity contribution in [1.29, 1.82) is 0 Å². The van der Waals surface area contributed by atoms with Crippen LogP contribution in [0.3, 0.4) is 0 Å². The third kappa shape index (κ3) is 4.28. The number of methoxy groups -OCH3 is 1. The van der Waals surface area contributed by atoms with Gasteiger partial charge in [-0.3, -0.25) is 0 Å². The van der Waals surface area contributed by atoms with Crippen LogP contribution in [0, 0.1) is 0 Å². The van der Waals surface area contributed by atoms with Crippen molar-refractivity contribution in [2.45, 2.75) is 44.6 Å². The molecule has 0 aliphatic heterocycles. The molecule has 2 aromatic rings. The van der Waals surface area contributed by atoms with Crippen molar-refractivity contribution in [3.63, 3.8) is 0 Å². The standard InChI is InChI=1S/C11H12.C10H15NO2.ClH/c1-2-4-10-9(3-1)5-6-11(10)7-8-11;1-3-13-9-5-4-8(7-11)6-10(9)12-2;/h1-4H,5-8H2;4-6H,3,7,11H2,1-2H3;1H. The molecule has 0 saturated heterocycles. The summed E-state index contributed by atoms with van der Waals surface area (Å²) >= 11 is 0. The molecule has 2 aliphatic carbocycles. The molecule has 0 aromatic heterocycles. The van der Waals surface area contributed by atoms with Crippen molar-refractivity contribution in [3.8, 4) is 11.5 Å². The second-order valence-corrected chi connectivity index (χ2v) is 6.56. The normalized spacial score (nSPS) is 15.5. The van der Waals surface area contributed by atoms with Crippen LogP contribution < -0.4 is 15.2 Å². The lowest BCUT2D eigenvalue weighted by atomic mass is 9.99. The molecule has 0 amide bonds. The van der Waals surface area contributed by atoms with Gasteiger partial charge in [-0.1, -0.05) is 30.3 Å². The monoisotopic (exact) mass is 361 g/mol. The fraction of sp³-hybridized carbons (Fsp3) is 0.429. The van der Waals surface area contributed by atoms with Crippen LogP contribution in [0.25, 0.3) is 0 Å². The van der Waals surface area contributed by atoms with Crippen LogP contribution >= 0.6 is 12.4 Å². The molecule has 2 N–H and O–H groups in total. The third-order valence-corrected chi connectivity index (χ3v) is 5.08. The Morgan fingerprint density at radius 2 is 1.80 bits per heavy atom. The third-order valence-electron chi connectivity index (χ3n) is 5.08. The second-order valence-electron chi connectivity index (χ2n) is 6.56. The van der Waals surface area contributed by atoms with E-state index in [0.29, 0.717) is 18.6 Å². The van der Waals surface area contributed by atoms with Gasteiger partial charge >= 0.3 is 0 Å². The zero-order valence-corrected chi connectivity index (χ0v) is 15.9. The number of hydrogen-bond donors (Lipinski definition) is 1. The number of rotatable bonds is 4. The molecule has 1 fully saturated rings. The van der Waals surface area contributed by atoms with E-state index in [2.05, 4.69) is 24.3 Å². The highest BCUT2D eigenvalue weighted by molar-refractivity contribution is 5.85. The van der Waals surface area contributed by atoms with E-state index in [1.807, 2.05) is 25.1 Å². The average Bonchev–Trinajstić information content (AvgIpc) is 3.33. The summed E-state index contributed by atoms with van der Waals surface area (Å²) in [6.07, 6.45) is 5.65. The smallest absolute Gasteiger partial charge is 0.161 e. The van der Waals surface area contributed by atoms with E-state index in [0.717, 1.165) is 17.1 Å². The molecule has 0 heterocycles. The Morgan fingerprint density at radius 1 is 1.04 bits per heavy atom. The van der Waals surface area contributed by atoms with Crippen molar-refractivity contribution in [2.75, 3.05) is 13.7 Å². The van der Waals surface area contributed by atoms with E-state index in [-0.39, 0.29) is 12.4 Å². The molecule has 1 saturated carbocycles. The molecule has 0 atom stereocenters. The van der Waals surface area contributed by atoms with Crippen molar-refractivity contribution in [2.24, 2.45) is 5.73 Å². The Hall–Kier alpha value is -1.71. The van der Waals surface area contributed by atoms with Gasteiger partial charge in [0.15, 0.2) is 11.5 Å². The summed E-state index contributed by atoms with van der Waals surface area (Å²) < 4.78 is 10.5. The topological polar surface area (TPSA) is 44.5 Å². The Bertz CT molecular complexity index is 698. The first-order valence-electron chi connectivity index (χ1n) is 8.80. The van der Waals surface area contributed by atoms with Crippen LogP contribution in [0.2, 0.25) is 0 Å². The lowest BCUT2D eigenvalue weighted by molar-refractivity contribution is 0.310. The van der Waals surface area contributed by atoms with E-state index in [9.17, 15) is 0 Å². The molecular formula is C21H28ClNO2. The number of benzene rings is 2. The highest BCUT2D eigenvalue weighted by atomic mass is 35.5. The van der Waals surface area contributed by atoms with Gasteiger partial charge in [-0.2, -0.15) is 0 Å². The first-order valence-corrected chi connectivity index (χ1v) is 8.80. The molecule has 1 spiro atoms. The van der Waals surface area contributed by atoms with Crippen LogP contribution in [0.1, 0.15) is 42.9 Å². The minimum atomic E-state index is 0. The average molecular weight is 362 g/mol. The lowest BCUT2D eigenvalue weighted by Gasteiger charge is -2.09. The Balaban J connectivity index is 0.000000174. The summed E-state index contributed by atoms with van der Waals surface area (Å²) in [7, 11) is 1.62. The maximum atomic E-state index is 5.50. The molecule has 0 radical (unpaired) electrons. The lowest BCUT2D eigenvalue weighted by Crippen LogP contribution is -1.99. The number of hydrogen-bond acceptors (Lipinski definition) is 3. The fourth-order valence-corrected chi connectivity index (χ4v) is 3.55. The Kier molecular flexibility index (Phi) is 6.74. The van der Waals surface area contributed by atoms with Gasteiger partial charge < -0.3 is 15.2 Å². The largest absolute Gasteiger partial charge is 0.493 e. The SMILES string of the molecule is CCOc1ccc(CN)cc1OC.Cl.c1ccc2c(c1)CCC21CC1. The zero-order chi connectivity index (χ0) is 17.0. The van der Waals surface area contributed by atoms with Crippen molar-refractivity contribution in [1.82, 2.24) is 0 Å². The molecule has 136 valence electrons. The maximum Gasteiger partial charge on any atom is 0.161 e. The van der Waals surface area contributed by atoms with E-state index in [4.69, 9.17) is 15.2 Å². The van der Waals surface area contributed by atoms with Crippen LogP contribution in [-0.2, 0) is 18.4 Å². The highest BCUT2D eigenvalue weighted by Crippen LogP contribution is 2.56. The minimum absolute atomic E-state index is 0. The number of halogens is 1. The summed E-state index contributed by atoms with van der Waals surface area (Å²) in [5.41, 5.74) is 10.5. The van der Waals surface area contributed by atoms with E-state index >= 15 is 0 Å². The zero-order valence-electron chi connectivity index (χ0n) is 15.1. The summed E-state index contributed by atoms with van der Waals surface area (Å²) in [6, 6.07) is 14.7. The number of ether oxygens (including phenoxy) is 2. The fourth-order valence-electron chi connectivity index (χ4n) is 3.55. The molecule has 3 nitrogen and oxygen atoms in total. The van der Waals surface area contributed by atoms with Gasteiger partial charge in [0.1, 0.15) is 0 Å². The molecule has 0 unspecified atom stereocenters. The van der Waals surface area contributed by atoms with Gasteiger partial charge in [0.2, 0.25) is 0 Å². The van der Waals surface area contributed by atoms with Crippen LogP contribution in [0.5, 0.6) is 11.5 Å². The van der Waals surface area contributed by atoms with E-state index in [1.54, 1.807) is 18.2 Å². The molecule has 4 heteroatoms. The summed E-state index contributed by atoms with van der Waals surface area (Å²) in [5, 5.41) is 0. The van der Waals surface area contributed by atoms with Crippen molar-refractivity contribution in [3.05, 3.63) is 59.2 Å². The van der Waals surface area contributed by atoms with Crippen LogP contribution in [0.15, 0.2) is 42.5 Å². The summed E-state index contributed by atoms with van der Waals surface area (Å²) in [6.45, 7) is 3.09. The van der Waals surface area contributed by atoms with Crippen molar-refractivity contribution >= 4 is 12.4 Å². The second kappa shape index (κ2) is 8.59. The van der Waals surface area contributed by atoms with Crippen LogP contribution in [-0.4, -0.2) is 13.7 Å². The molecule has 25 heavy (non-hydrogen) atoms. The minimum Gasteiger partial charge on any atom is -0.493 e. The maximum absolute atomic E-state index is 5.50. The van der Waals surface area contributed by atoms with Gasteiger partial charge in [-0.25, -0.2) is 0 Å². The Morgan fingerprint density at radius 3 is 2.44 bits per heavy atom. The van der Waals surface area contributed by atoms with Gasteiger partial charge in [-0.05, 0) is 66.8 Å². The molecule has 2 aromatic carbocycles. The predicted octanol–water partition coefficient (Wildman–Crippen LogP) is 4.64. The van der Waals surface area contributed by atoms with Gasteiger partial charge in [0, 0.05) is 6.54 Å². The number of aryl methyl sites for hydroxylation is 1. The molecule has 2 aliphatic rings. The van der Waals surface area contributed by atoms with E-state index in [1.165, 1.54) is 25.7 Å². The van der Waals surface area contributed by atoms with E-state index < -0.39 is 0 Å². The molecular weight excluding hydrogens is 334 g/mol. The highest BCUT2D eigenvalue weighted by Gasteiger charge is 2.47. The quantitative estimate of drug-likeness (QED) is 0.862. The molecule has 0 bridgehead atoms. The number of fused-ring (bicyclic) bond motifs is 2. The Labute approximate surface area is 156 Å². The summed E-state index contributed by atoms with van der Waals surface area (Å²) in [5.74, 6) is 1.51. The van der Waals surface area contributed by atoms with Gasteiger partial charge in [0.25, 0.3) is 0 Å². The molecule has 4 rings (SSSR count). The van der Waals surface area contributed by atoms with Gasteiger partial charge in [0.05, 0.1) is 13.7 Å². The van der Waals surface area contributed by atoms with Gasteiger partial charge in [-0.15, -0.1) is 12.4 Å². The number of nitrogens with two attached hydrogens (primary N) is 1. The van der Waals surface area contributed by atoms with Crippen LogP contribution in [0.4, 0.5) is 0 Å². The predicted molar refractivity (Wildman–Crippen MR) is 105 cm³/mol.